The van der Waals surface area contributed by atoms with Gasteiger partial charge in [-0.2, -0.15) is 0 Å². The van der Waals surface area contributed by atoms with Crippen LogP contribution in [0.1, 0.15) is 27.7 Å². The molecule has 1 aromatic carbocycles. The molecule has 0 aliphatic carbocycles. The molecular formula is C20H26N3O4S+. The van der Waals surface area contributed by atoms with Crippen LogP contribution in [-0.2, 0) is 27.4 Å². The van der Waals surface area contributed by atoms with Gasteiger partial charge in [-0.15, -0.1) is 11.3 Å². The molecule has 0 saturated heterocycles. The van der Waals surface area contributed by atoms with Gasteiger partial charge in [-0.1, -0.05) is 18.2 Å². The third kappa shape index (κ3) is 7.13. The van der Waals surface area contributed by atoms with Gasteiger partial charge in [0.05, 0.1) is 25.8 Å². The summed E-state index contributed by atoms with van der Waals surface area (Å²) in [7, 11) is 1.33. The quantitative estimate of drug-likeness (QED) is 0.499. The molecule has 0 spiro atoms. The topological polar surface area (TPSA) is 88.9 Å². The van der Waals surface area contributed by atoms with Crippen molar-refractivity contribution in [2.24, 2.45) is 0 Å². The maximum atomic E-state index is 12.2. The lowest BCUT2D eigenvalue weighted by Gasteiger charge is -2.17. The number of ether oxygens (including phenoxy) is 1. The summed E-state index contributed by atoms with van der Waals surface area (Å²) in [5.41, 5.74) is 1.35. The monoisotopic (exact) mass is 404 g/mol. The van der Waals surface area contributed by atoms with E-state index in [1.807, 2.05) is 24.4 Å². The molecule has 0 radical (unpaired) electrons. The molecule has 0 bridgehead atoms. The summed E-state index contributed by atoms with van der Waals surface area (Å²) in [6, 6.07) is 10.8. The highest BCUT2D eigenvalue weighted by atomic mass is 32.1. The van der Waals surface area contributed by atoms with E-state index in [0.29, 0.717) is 25.2 Å². The van der Waals surface area contributed by atoms with Crippen molar-refractivity contribution in [1.82, 2.24) is 10.6 Å². The minimum Gasteiger partial charge on any atom is -0.465 e. The van der Waals surface area contributed by atoms with Gasteiger partial charge in [0.25, 0.3) is 11.8 Å². The van der Waals surface area contributed by atoms with Crippen LogP contribution in [0, 0.1) is 0 Å². The predicted octanol–water partition coefficient (Wildman–Crippen LogP) is 0.372. The summed E-state index contributed by atoms with van der Waals surface area (Å²) in [5, 5.41) is 7.70. The number of nitrogens with one attached hydrogen (secondary N) is 3. The second-order valence-corrected chi connectivity index (χ2v) is 7.31. The number of esters is 1. The number of quaternary nitrogens is 1. The molecule has 0 saturated carbocycles. The Kier molecular flexibility index (Phi) is 8.64. The summed E-state index contributed by atoms with van der Waals surface area (Å²) in [5.74, 6) is -0.591. The smallest absolute Gasteiger partial charge is 0.337 e. The molecule has 1 aromatic heterocycles. The summed E-state index contributed by atoms with van der Waals surface area (Å²) in [4.78, 5) is 37.7. The van der Waals surface area contributed by atoms with Crippen molar-refractivity contribution >= 4 is 29.1 Å². The fraction of sp³-hybridized carbons (Fsp3) is 0.350. The number of likely N-dealkylation sites (N-methyl/N-ethyl adjacent to an activating group) is 1. The molecule has 8 heteroatoms. The molecule has 1 atom stereocenters. The molecular weight excluding hydrogens is 378 g/mol. The number of hydrogen-bond acceptors (Lipinski definition) is 5. The molecule has 7 nitrogen and oxygen atoms in total. The third-order valence-electron chi connectivity index (χ3n) is 4.23. The molecule has 0 aliphatic rings. The first-order valence-electron chi connectivity index (χ1n) is 9.08. The van der Waals surface area contributed by atoms with Crippen LogP contribution in [0.4, 0.5) is 0 Å². The molecule has 2 rings (SSSR count). The van der Waals surface area contributed by atoms with E-state index in [9.17, 15) is 14.4 Å². The van der Waals surface area contributed by atoms with Crippen molar-refractivity contribution < 1.29 is 24.0 Å². The minimum atomic E-state index is -0.393. The van der Waals surface area contributed by atoms with Crippen LogP contribution in [0.3, 0.4) is 0 Å². The number of amides is 2. The van der Waals surface area contributed by atoms with Crippen molar-refractivity contribution in [1.29, 1.82) is 0 Å². The number of carbonyl (C=O) groups excluding carboxylic acids is 3. The molecule has 0 aliphatic heterocycles. The molecule has 2 aromatic rings. The SMILES string of the molecule is CC[NH+](CC(=O)NCc1ccc(C(=O)OC)cc1)CC(=O)NCc1cccs1. The van der Waals surface area contributed by atoms with Crippen molar-refractivity contribution in [3.8, 4) is 0 Å². The van der Waals surface area contributed by atoms with Crippen LogP contribution >= 0.6 is 11.3 Å². The van der Waals surface area contributed by atoms with Crippen molar-refractivity contribution in [3.05, 3.63) is 57.8 Å². The molecule has 28 heavy (non-hydrogen) atoms. The first-order valence-corrected chi connectivity index (χ1v) is 9.96. The highest BCUT2D eigenvalue weighted by Crippen LogP contribution is 2.07. The maximum absolute atomic E-state index is 12.2. The number of carbonyl (C=O) groups is 3. The van der Waals surface area contributed by atoms with Crippen molar-refractivity contribution in [3.63, 3.8) is 0 Å². The van der Waals surface area contributed by atoms with E-state index in [0.717, 1.165) is 15.3 Å². The predicted molar refractivity (Wildman–Crippen MR) is 107 cm³/mol. The van der Waals surface area contributed by atoms with Gasteiger partial charge in [0.2, 0.25) is 0 Å². The fourth-order valence-electron chi connectivity index (χ4n) is 2.57. The Bertz CT molecular complexity index is 775. The van der Waals surface area contributed by atoms with Gasteiger partial charge >= 0.3 is 5.97 Å². The zero-order chi connectivity index (χ0) is 20.4. The Hall–Kier alpha value is -2.71. The fourth-order valence-corrected chi connectivity index (χ4v) is 3.21. The van der Waals surface area contributed by atoms with Gasteiger partial charge in [0, 0.05) is 11.4 Å². The zero-order valence-electron chi connectivity index (χ0n) is 16.1. The number of benzene rings is 1. The van der Waals surface area contributed by atoms with Crippen LogP contribution in [0.2, 0.25) is 0 Å². The highest BCUT2D eigenvalue weighted by Gasteiger charge is 2.16. The molecule has 0 fully saturated rings. The van der Waals surface area contributed by atoms with E-state index in [1.54, 1.807) is 35.6 Å². The molecule has 3 N–H and O–H groups in total. The van der Waals surface area contributed by atoms with Gasteiger partial charge in [0.15, 0.2) is 13.1 Å². The van der Waals surface area contributed by atoms with Gasteiger partial charge in [-0.25, -0.2) is 4.79 Å². The lowest BCUT2D eigenvalue weighted by atomic mass is 10.1. The molecule has 150 valence electrons. The summed E-state index contributed by atoms with van der Waals surface area (Å²) in [6.45, 7) is 3.98. The van der Waals surface area contributed by atoms with E-state index in [4.69, 9.17) is 0 Å². The summed E-state index contributed by atoms with van der Waals surface area (Å²) >= 11 is 1.60. The van der Waals surface area contributed by atoms with Crippen LogP contribution in [0.25, 0.3) is 0 Å². The average Bonchev–Trinajstić information content (AvgIpc) is 3.23. The summed E-state index contributed by atoms with van der Waals surface area (Å²) in [6.07, 6.45) is 0. The number of methoxy groups -OCH3 is 1. The average molecular weight is 405 g/mol. The van der Waals surface area contributed by atoms with E-state index < -0.39 is 5.97 Å². The molecule has 1 unspecified atom stereocenters. The number of rotatable bonds is 10. The lowest BCUT2D eigenvalue weighted by Crippen LogP contribution is -3.14. The third-order valence-corrected chi connectivity index (χ3v) is 5.10. The maximum Gasteiger partial charge on any atom is 0.337 e. The Labute approximate surface area is 168 Å². The Balaban J connectivity index is 1.73. The van der Waals surface area contributed by atoms with Crippen molar-refractivity contribution in [2.45, 2.75) is 20.0 Å². The molecule has 1 heterocycles. The Morgan fingerprint density at radius 3 is 2.18 bits per heavy atom. The standard InChI is InChI=1S/C20H25N3O4S/c1-3-23(14-19(25)22-12-17-5-4-10-28-17)13-18(24)21-11-15-6-8-16(9-7-15)20(26)27-2/h4-10H,3,11-14H2,1-2H3,(H,21,24)(H,22,25)/p+1. The normalized spacial score (nSPS) is 11.5. The van der Waals surface area contributed by atoms with Crippen molar-refractivity contribution in [2.75, 3.05) is 26.7 Å². The first kappa shape index (κ1) is 21.6. The van der Waals surface area contributed by atoms with Crippen LogP contribution in [0.15, 0.2) is 41.8 Å². The van der Waals surface area contributed by atoms with E-state index in [-0.39, 0.29) is 24.9 Å². The highest BCUT2D eigenvalue weighted by molar-refractivity contribution is 7.09. The Morgan fingerprint density at radius 1 is 1.00 bits per heavy atom. The lowest BCUT2D eigenvalue weighted by molar-refractivity contribution is -0.881. The van der Waals surface area contributed by atoms with Crippen LogP contribution in [-0.4, -0.2) is 44.5 Å². The van der Waals surface area contributed by atoms with Crippen LogP contribution < -0.4 is 15.5 Å². The largest absolute Gasteiger partial charge is 0.465 e. The minimum absolute atomic E-state index is 0.0727. The molecule has 2 amide bonds. The van der Waals surface area contributed by atoms with E-state index in [1.165, 1.54) is 7.11 Å². The van der Waals surface area contributed by atoms with Gasteiger partial charge < -0.3 is 20.3 Å². The zero-order valence-corrected chi connectivity index (χ0v) is 16.9. The number of thiophene rings is 1. The second kappa shape index (κ2) is 11.2. The van der Waals surface area contributed by atoms with Gasteiger partial charge in [0.1, 0.15) is 0 Å². The number of hydrogen-bond donors (Lipinski definition) is 3. The summed E-state index contributed by atoms with van der Waals surface area (Å²) < 4.78 is 4.66. The van der Waals surface area contributed by atoms with Gasteiger partial charge in [-0.3, -0.25) is 9.59 Å². The first-order chi connectivity index (χ1) is 13.5. The van der Waals surface area contributed by atoms with Crippen LogP contribution in [0.5, 0.6) is 0 Å². The van der Waals surface area contributed by atoms with E-state index >= 15 is 0 Å². The Morgan fingerprint density at radius 2 is 1.64 bits per heavy atom. The van der Waals surface area contributed by atoms with E-state index in [2.05, 4.69) is 15.4 Å². The second-order valence-electron chi connectivity index (χ2n) is 6.28. The van der Waals surface area contributed by atoms with Gasteiger partial charge in [-0.05, 0) is 36.1 Å².